The van der Waals surface area contributed by atoms with Crippen molar-refractivity contribution in [1.29, 1.82) is 0 Å². The fraction of sp³-hybridized carbons (Fsp3) is 0. The molecule has 0 saturated carbocycles. The van der Waals surface area contributed by atoms with Crippen LogP contribution in [0.5, 0.6) is 0 Å². The smallest absolute Gasteiger partial charge is 0.228 e. The Bertz CT molecular complexity index is 2750. The van der Waals surface area contributed by atoms with Gasteiger partial charge in [-0.05, 0) is 82.2 Å². The lowest BCUT2D eigenvalue weighted by Gasteiger charge is -2.26. The van der Waals surface area contributed by atoms with Gasteiger partial charge in [-0.25, -0.2) is 4.98 Å². The molecule has 4 nitrogen and oxygen atoms in total. The van der Waals surface area contributed by atoms with Gasteiger partial charge >= 0.3 is 0 Å². The van der Waals surface area contributed by atoms with Crippen molar-refractivity contribution < 1.29 is 8.83 Å². The highest BCUT2D eigenvalue weighted by atomic mass is 16.3. The zero-order valence-corrected chi connectivity index (χ0v) is 27.5. The number of rotatable bonds is 6. The van der Waals surface area contributed by atoms with Crippen LogP contribution in [0.25, 0.3) is 77.5 Å². The molecule has 2 aromatic heterocycles. The summed E-state index contributed by atoms with van der Waals surface area (Å²) in [7, 11) is 0. The van der Waals surface area contributed by atoms with Gasteiger partial charge in [-0.3, -0.25) is 0 Å². The van der Waals surface area contributed by atoms with E-state index in [0.29, 0.717) is 5.89 Å². The molecule has 0 radical (unpaired) electrons. The van der Waals surface area contributed by atoms with E-state index in [-0.39, 0.29) is 0 Å². The minimum absolute atomic E-state index is 0.581. The summed E-state index contributed by atoms with van der Waals surface area (Å²) in [5.41, 5.74) is 11.9. The Hall–Kier alpha value is -6.91. The molecule has 0 aliphatic rings. The number of nitrogens with zero attached hydrogens (tertiary/aromatic N) is 2. The third-order valence-electron chi connectivity index (χ3n) is 9.72. The predicted octanol–water partition coefficient (Wildman–Crippen LogP) is 13.4. The number of aromatic nitrogens is 1. The highest BCUT2D eigenvalue weighted by Gasteiger charge is 2.20. The maximum Gasteiger partial charge on any atom is 0.228 e. The second kappa shape index (κ2) is 11.9. The quantitative estimate of drug-likeness (QED) is 0.179. The lowest BCUT2D eigenvalue weighted by atomic mass is 10.0. The fourth-order valence-electron chi connectivity index (χ4n) is 7.22. The van der Waals surface area contributed by atoms with Crippen molar-refractivity contribution in [3.05, 3.63) is 182 Å². The maximum atomic E-state index is 6.58. The van der Waals surface area contributed by atoms with Gasteiger partial charge in [-0.15, -0.1) is 0 Å². The zero-order valence-electron chi connectivity index (χ0n) is 27.5. The van der Waals surface area contributed by atoms with E-state index >= 15 is 0 Å². The highest BCUT2D eigenvalue weighted by molar-refractivity contribution is 6.13. The van der Waals surface area contributed by atoms with Crippen LogP contribution in [0.3, 0.4) is 0 Å². The molecule has 51 heavy (non-hydrogen) atoms. The molecule has 0 amide bonds. The maximum absolute atomic E-state index is 6.58. The first kappa shape index (κ1) is 29.0. The van der Waals surface area contributed by atoms with Crippen LogP contribution < -0.4 is 4.90 Å². The monoisotopic (exact) mass is 654 g/mol. The van der Waals surface area contributed by atoms with Gasteiger partial charge in [-0.1, -0.05) is 121 Å². The van der Waals surface area contributed by atoms with E-state index in [1.165, 1.54) is 22.3 Å². The Labute approximate surface area is 294 Å². The van der Waals surface area contributed by atoms with Crippen molar-refractivity contribution in [1.82, 2.24) is 4.98 Å². The molecule has 0 spiro atoms. The summed E-state index contributed by atoms with van der Waals surface area (Å²) >= 11 is 0. The van der Waals surface area contributed by atoms with Gasteiger partial charge in [-0.2, -0.15) is 0 Å². The van der Waals surface area contributed by atoms with Crippen LogP contribution in [0, 0.1) is 0 Å². The average Bonchev–Trinajstić information content (AvgIpc) is 3.81. The lowest BCUT2D eigenvalue weighted by Crippen LogP contribution is -2.09. The van der Waals surface area contributed by atoms with E-state index in [4.69, 9.17) is 13.8 Å². The summed E-state index contributed by atoms with van der Waals surface area (Å²) in [4.78, 5) is 7.29. The first-order chi connectivity index (χ1) is 25.3. The molecule has 8 aromatic carbocycles. The largest absolute Gasteiger partial charge is 0.456 e. The minimum atomic E-state index is 0.581. The predicted molar refractivity (Wildman–Crippen MR) is 210 cm³/mol. The molecule has 4 heteroatoms. The van der Waals surface area contributed by atoms with Crippen molar-refractivity contribution in [3.63, 3.8) is 0 Å². The minimum Gasteiger partial charge on any atom is -0.456 e. The molecular formula is C47H30N2O2. The van der Waals surface area contributed by atoms with Crippen LogP contribution in [0.15, 0.2) is 191 Å². The molecule has 0 unspecified atom stereocenters. The molecule has 10 rings (SSSR count). The normalized spacial score (nSPS) is 11.5. The van der Waals surface area contributed by atoms with E-state index in [1.807, 2.05) is 42.5 Å². The van der Waals surface area contributed by atoms with E-state index < -0.39 is 0 Å². The van der Waals surface area contributed by atoms with Crippen molar-refractivity contribution in [2.75, 3.05) is 4.90 Å². The van der Waals surface area contributed by atoms with Crippen LogP contribution >= 0.6 is 0 Å². The van der Waals surface area contributed by atoms with Crippen LogP contribution in [0.4, 0.5) is 17.1 Å². The van der Waals surface area contributed by atoms with E-state index in [0.717, 1.165) is 66.4 Å². The molecule has 0 atom stereocenters. The van der Waals surface area contributed by atoms with E-state index in [2.05, 4.69) is 144 Å². The van der Waals surface area contributed by atoms with Gasteiger partial charge in [0.1, 0.15) is 16.7 Å². The molecule has 0 bridgehead atoms. The van der Waals surface area contributed by atoms with E-state index in [9.17, 15) is 0 Å². The summed E-state index contributed by atoms with van der Waals surface area (Å²) < 4.78 is 13.0. The Morgan fingerprint density at radius 3 is 1.69 bits per heavy atom. The summed E-state index contributed by atoms with van der Waals surface area (Å²) in [6, 6.07) is 63.3. The van der Waals surface area contributed by atoms with Crippen LogP contribution in [0.1, 0.15) is 0 Å². The molecule has 10 aromatic rings. The van der Waals surface area contributed by atoms with Gasteiger partial charge in [0.25, 0.3) is 0 Å². The van der Waals surface area contributed by atoms with Gasteiger partial charge in [0.05, 0.1) is 0 Å². The molecular weight excluding hydrogens is 625 g/mol. The summed E-state index contributed by atoms with van der Waals surface area (Å²) in [5.74, 6) is 0.581. The van der Waals surface area contributed by atoms with Crippen molar-refractivity contribution in [2.45, 2.75) is 0 Å². The number of fused-ring (bicyclic) bond motifs is 6. The second-order valence-electron chi connectivity index (χ2n) is 12.8. The molecule has 0 saturated heterocycles. The second-order valence-corrected chi connectivity index (χ2v) is 12.8. The number of benzene rings is 8. The average molecular weight is 655 g/mol. The SMILES string of the molecule is c1ccc(-c2ccc(N(c3ccc(-c4ccccc4)cc3)c3ccc4c(c3)oc3cccc(-c5nc6c(ccc7ccccc76)o5)c34)cc2)cc1. The van der Waals surface area contributed by atoms with Crippen LogP contribution in [-0.4, -0.2) is 4.98 Å². The van der Waals surface area contributed by atoms with Crippen molar-refractivity contribution in [3.8, 4) is 33.7 Å². The number of anilines is 3. The Morgan fingerprint density at radius 1 is 0.392 bits per heavy atom. The first-order valence-electron chi connectivity index (χ1n) is 17.1. The summed E-state index contributed by atoms with van der Waals surface area (Å²) in [5, 5.41) is 4.21. The molecule has 0 aliphatic heterocycles. The van der Waals surface area contributed by atoms with Crippen LogP contribution in [-0.2, 0) is 0 Å². The van der Waals surface area contributed by atoms with E-state index in [1.54, 1.807) is 0 Å². The number of hydrogen-bond donors (Lipinski definition) is 0. The molecule has 0 fully saturated rings. The molecule has 240 valence electrons. The topological polar surface area (TPSA) is 42.4 Å². The summed E-state index contributed by atoms with van der Waals surface area (Å²) in [6.45, 7) is 0. The Balaban J connectivity index is 1.10. The van der Waals surface area contributed by atoms with Crippen molar-refractivity contribution >= 4 is 60.9 Å². The highest BCUT2D eigenvalue weighted by Crippen LogP contribution is 2.42. The fourth-order valence-corrected chi connectivity index (χ4v) is 7.22. The Morgan fingerprint density at radius 2 is 1.00 bits per heavy atom. The van der Waals surface area contributed by atoms with Crippen molar-refractivity contribution in [2.24, 2.45) is 0 Å². The zero-order chi connectivity index (χ0) is 33.7. The third kappa shape index (κ3) is 5.04. The standard InChI is InChI=1S/C47H30N2O2/c1-3-10-31(11-4-1)33-18-23-36(24-19-33)49(37-25-20-34(21-26-37)32-12-5-2-6-13-32)38-27-28-40-44(30-38)50-42-17-9-16-41(45(40)42)47-48-46-39-15-8-7-14-35(39)22-29-43(46)51-47/h1-30H. The van der Waals surface area contributed by atoms with Gasteiger partial charge < -0.3 is 13.7 Å². The number of hydrogen-bond acceptors (Lipinski definition) is 4. The molecule has 2 heterocycles. The summed E-state index contributed by atoms with van der Waals surface area (Å²) in [6.07, 6.45) is 0. The number of oxazole rings is 1. The molecule has 0 aliphatic carbocycles. The van der Waals surface area contributed by atoms with Gasteiger partial charge in [0, 0.05) is 44.9 Å². The van der Waals surface area contributed by atoms with Gasteiger partial charge in [0.2, 0.25) is 5.89 Å². The first-order valence-corrected chi connectivity index (χ1v) is 17.1. The van der Waals surface area contributed by atoms with Crippen LogP contribution in [0.2, 0.25) is 0 Å². The number of furan rings is 1. The Kier molecular flexibility index (Phi) is 6.78. The third-order valence-corrected chi connectivity index (χ3v) is 9.72. The van der Waals surface area contributed by atoms with Gasteiger partial charge in [0.15, 0.2) is 5.58 Å². The molecule has 0 N–H and O–H groups in total. The lowest BCUT2D eigenvalue weighted by molar-refractivity contribution is 0.620.